The van der Waals surface area contributed by atoms with Gasteiger partial charge in [-0.25, -0.2) is 14.9 Å². The second-order valence-corrected chi connectivity index (χ2v) is 6.42. The highest BCUT2D eigenvalue weighted by atomic mass is 79.9. The number of carbonyl (C=O) groups excluding carboxylic acids is 1. The Labute approximate surface area is 160 Å². The fourth-order valence-electron chi connectivity index (χ4n) is 2.32. The number of nitro groups is 1. The third kappa shape index (κ3) is 3.74. The molecule has 2 N–H and O–H groups in total. The number of rotatable bonds is 4. The van der Waals surface area contributed by atoms with E-state index in [1.165, 1.54) is 10.6 Å². The zero-order chi connectivity index (χ0) is 19.7. The number of hydrazone groups is 1. The highest BCUT2D eigenvalue weighted by Gasteiger charge is 2.18. The molecular weight excluding hydrogens is 422 g/mol. The zero-order valence-corrected chi connectivity index (χ0v) is 15.6. The summed E-state index contributed by atoms with van der Waals surface area (Å²) in [7, 11) is 0. The Morgan fingerprint density at radius 3 is 2.81 bits per heavy atom. The molecule has 2 aromatic heterocycles. The maximum absolute atomic E-state index is 12.2. The first kappa shape index (κ1) is 18.4. The Morgan fingerprint density at radius 1 is 1.37 bits per heavy atom. The summed E-state index contributed by atoms with van der Waals surface area (Å²) in [6, 6.07) is 4.37. The molecule has 0 unspecified atom stereocenters. The Balaban J connectivity index is 1.82. The second kappa shape index (κ2) is 7.07. The van der Waals surface area contributed by atoms with Crippen molar-refractivity contribution in [3.63, 3.8) is 0 Å². The molecule has 138 valence electrons. The van der Waals surface area contributed by atoms with Crippen LogP contribution in [-0.2, 0) is 0 Å². The molecule has 0 aliphatic heterocycles. The van der Waals surface area contributed by atoms with Crippen LogP contribution >= 0.6 is 15.9 Å². The molecule has 0 saturated carbocycles. The van der Waals surface area contributed by atoms with Crippen LogP contribution < -0.4 is 5.43 Å². The van der Waals surface area contributed by atoms with E-state index >= 15 is 0 Å². The number of amides is 1. The first-order valence-electron chi connectivity index (χ1n) is 7.47. The largest absolute Gasteiger partial charge is 0.502 e. The van der Waals surface area contributed by atoms with Crippen LogP contribution in [0, 0.1) is 24.0 Å². The minimum absolute atomic E-state index is 0.0486. The summed E-state index contributed by atoms with van der Waals surface area (Å²) in [6.07, 6.45) is 1.08. The molecule has 0 saturated heterocycles. The quantitative estimate of drug-likeness (QED) is 0.362. The number of hydrogen-bond donors (Lipinski definition) is 2. The molecule has 0 spiro atoms. The first-order chi connectivity index (χ1) is 12.8. The van der Waals surface area contributed by atoms with E-state index in [9.17, 15) is 20.0 Å². The van der Waals surface area contributed by atoms with E-state index in [0.29, 0.717) is 4.47 Å². The summed E-state index contributed by atoms with van der Waals surface area (Å²) < 4.78 is 1.80. The van der Waals surface area contributed by atoms with Gasteiger partial charge in [-0.15, -0.1) is 5.10 Å². The molecular formula is C15H12BrN7O4. The van der Waals surface area contributed by atoms with Gasteiger partial charge >= 0.3 is 11.6 Å². The number of aromatic nitrogens is 4. The van der Waals surface area contributed by atoms with Crippen LogP contribution in [0.4, 0.5) is 5.69 Å². The van der Waals surface area contributed by atoms with Gasteiger partial charge in [-0.1, -0.05) is 15.9 Å². The summed E-state index contributed by atoms with van der Waals surface area (Å²) >= 11 is 3.11. The van der Waals surface area contributed by atoms with Crippen LogP contribution in [-0.4, -0.2) is 41.7 Å². The topological polar surface area (TPSA) is 148 Å². The number of phenolic OH excluding ortho intramolecular Hbond substituents is 1. The van der Waals surface area contributed by atoms with E-state index in [0.717, 1.165) is 23.7 Å². The molecule has 0 bridgehead atoms. The van der Waals surface area contributed by atoms with Crippen molar-refractivity contribution in [1.82, 2.24) is 25.0 Å². The molecule has 0 radical (unpaired) electrons. The van der Waals surface area contributed by atoms with Crippen molar-refractivity contribution in [2.45, 2.75) is 13.8 Å². The average Bonchev–Trinajstić information content (AvgIpc) is 3.01. The van der Waals surface area contributed by atoms with Gasteiger partial charge in [0.2, 0.25) is 11.6 Å². The SMILES string of the molecule is Cc1cc(C)n2nc(C(=O)N/N=C\c3cc(Br)cc([N+](=O)[O-])c3O)nc2n1. The number of nitro benzene ring substituents is 1. The minimum atomic E-state index is -0.728. The predicted molar refractivity (Wildman–Crippen MR) is 97.8 cm³/mol. The lowest BCUT2D eigenvalue weighted by Gasteiger charge is -2.01. The number of nitrogens with one attached hydrogen (secondary N) is 1. The van der Waals surface area contributed by atoms with Gasteiger partial charge < -0.3 is 5.11 Å². The van der Waals surface area contributed by atoms with Crippen molar-refractivity contribution < 1.29 is 14.8 Å². The van der Waals surface area contributed by atoms with E-state index in [4.69, 9.17) is 0 Å². The number of aryl methyl sites for hydroxylation is 2. The molecule has 2 heterocycles. The third-order valence-electron chi connectivity index (χ3n) is 3.47. The lowest BCUT2D eigenvalue weighted by molar-refractivity contribution is -0.385. The van der Waals surface area contributed by atoms with Crippen LogP contribution in [0.5, 0.6) is 5.75 Å². The fraction of sp³-hybridized carbons (Fsp3) is 0.133. The van der Waals surface area contributed by atoms with Crippen molar-refractivity contribution in [3.05, 3.63) is 55.6 Å². The van der Waals surface area contributed by atoms with Gasteiger partial charge in [0.25, 0.3) is 5.78 Å². The molecule has 27 heavy (non-hydrogen) atoms. The maximum Gasteiger partial charge on any atom is 0.312 e. The van der Waals surface area contributed by atoms with Crippen LogP contribution in [0.3, 0.4) is 0 Å². The van der Waals surface area contributed by atoms with E-state index in [1.807, 2.05) is 0 Å². The lowest BCUT2D eigenvalue weighted by atomic mass is 10.2. The van der Waals surface area contributed by atoms with E-state index in [-0.39, 0.29) is 17.2 Å². The first-order valence-corrected chi connectivity index (χ1v) is 8.27. The summed E-state index contributed by atoms with van der Waals surface area (Å²) in [4.78, 5) is 30.6. The number of nitrogens with zero attached hydrogens (tertiary/aromatic N) is 6. The van der Waals surface area contributed by atoms with Gasteiger partial charge in [0.05, 0.1) is 11.1 Å². The van der Waals surface area contributed by atoms with E-state index in [1.54, 1.807) is 19.9 Å². The van der Waals surface area contributed by atoms with Gasteiger partial charge in [0.15, 0.2) is 0 Å². The predicted octanol–water partition coefficient (Wildman–Crippen LogP) is 1.88. The zero-order valence-electron chi connectivity index (χ0n) is 14.0. The van der Waals surface area contributed by atoms with Crippen molar-refractivity contribution in [3.8, 4) is 5.75 Å². The van der Waals surface area contributed by atoms with Gasteiger partial charge in [-0.3, -0.25) is 14.9 Å². The number of aromatic hydroxyl groups is 1. The maximum atomic E-state index is 12.2. The molecule has 1 amide bonds. The molecule has 0 atom stereocenters. The normalized spacial score (nSPS) is 11.2. The molecule has 11 nitrogen and oxygen atoms in total. The smallest absolute Gasteiger partial charge is 0.312 e. The van der Waals surface area contributed by atoms with Gasteiger partial charge in [-0.2, -0.15) is 10.1 Å². The van der Waals surface area contributed by atoms with Gasteiger partial charge in [-0.05, 0) is 26.0 Å². The van der Waals surface area contributed by atoms with Crippen LogP contribution in [0.25, 0.3) is 5.78 Å². The highest BCUT2D eigenvalue weighted by molar-refractivity contribution is 9.10. The molecule has 3 aromatic rings. The Kier molecular flexibility index (Phi) is 4.81. The van der Waals surface area contributed by atoms with Crippen molar-refractivity contribution in [1.29, 1.82) is 0 Å². The Bertz CT molecular complexity index is 1110. The summed E-state index contributed by atoms with van der Waals surface area (Å²) in [5, 5.41) is 28.6. The van der Waals surface area contributed by atoms with Crippen molar-refractivity contribution in [2.24, 2.45) is 5.10 Å². The molecule has 3 rings (SSSR count). The standard InChI is InChI=1S/C15H12BrN7O4/c1-7-3-8(2)22-15(18-7)19-13(21-22)14(25)20-17-6-9-4-10(16)5-11(12(9)24)23(26)27/h3-6,24H,1-2H3,(H,20,25)/b17-6-. The number of halogens is 1. The number of carbonyl (C=O) groups is 1. The fourth-order valence-corrected chi connectivity index (χ4v) is 2.78. The van der Waals surface area contributed by atoms with E-state index in [2.05, 4.69) is 41.5 Å². The van der Waals surface area contributed by atoms with Crippen molar-refractivity contribution >= 4 is 39.5 Å². The monoisotopic (exact) mass is 433 g/mol. The lowest BCUT2D eigenvalue weighted by Crippen LogP contribution is -2.19. The van der Waals surface area contributed by atoms with Crippen LogP contribution in [0.2, 0.25) is 0 Å². The highest BCUT2D eigenvalue weighted by Crippen LogP contribution is 2.32. The molecule has 0 aliphatic carbocycles. The number of hydrogen-bond acceptors (Lipinski definition) is 8. The molecule has 12 heteroatoms. The Hall–Kier alpha value is -3.41. The molecule has 1 aromatic carbocycles. The molecule has 0 fully saturated rings. The number of phenols is 1. The van der Waals surface area contributed by atoms with Gasteiger partial charge in [0, 0.05) is 27.5 Å². The van der Waals surface area contributed by atoms with Crippen LogP contribution in [0.1, 0.15) is 27.6 Å². The third-order valence-corrected chi connectivity index (χ3v) is 3.93. The van der Waals surface area contributed by atoms with E-state index < -0.39 is 22.3 Å². The summed E-state index contributed by atoms with van der Waals surface area (Å²) in [5.74, 6) is -1.13. The van der Waals surface area contributed by atoms with Gasteiger partial charge in [0.1, 0.15) is 0 Å². The molecule has 0 aliphatic rings. The van der Waals surface area contributed by atoms with Crippen molar-refractivity contribution in [2.75, 3.05) is 0 Å². The number of benzene rings is 1. The average molecular weight is 434 g/mol. The summed E-state index contributed by atoms with van der Waals surface area (Å²) in [6.45, 7) is 3.61. The summed E-state index contributed by atoms with van der Waals surface area (Å²) in [5.41, 5.74) is 3.27. The minimum Gasteiger partial charge on any atom is -0.502 e. The van der Waals surface area contributed by atoms with Crippen LogP contribution in [0.15, 0.2) is 27.8 Å². The number of fused-ring (bicyclic) bond motifs is 1. The Morgan fingerprint density at radius 2 is 2.11 bits per heavy atom. The second-order valence-electron chi connectivity index (χ2n) is 5.51.